The van der Waals surface area contributed by atoms with Gasteiger partial charge in [0.15, 0.2) is 0 Å². The van der Waals surface area contributed by atoms with Crippen molar-refractivity contribution in [1.29, 1.82) is 0 Å². The van der Waals surface area contributed by atoms with Gasteiger partial charge in [0.2, 0.25) is 0 Å². The monoisotopic (exact) mass is 532 g/mol. The zero-order valence-corrected chi connectivity index (χ0v) is 22.5. The quantitative estimate of drug-likeness (QED) is 0.404. The lowest BCUT2D eigenvalue weighted by molar-refractivity contribution is -0.00765. The van der Waals surface area contributed by atoms with E-state index in [1.54, 1.807) is 24.7 Å². The number of hydrogen-bond donors (Lipinski definition) is 2. The lowest BCUT2D eigenvalue weighted by atomic mass is 9.48. The first-order valence-electron chi connectivity index (χ1n) is 13.3. The van der Waals surface area contributed by atoms with Gasteiger partial charge in [0.1, 0.15) is 5.00 Å². The van der Waals surface area contributed by atoms with Gasteiger partial charge in [0.05, 0.1) is 34.0 Å². The molecule has 4 fully saturated rings. The van der Waals surface area contributed by atoms with E-state index in [-0.39, 0.29) is 33.4 Å². The highest BCUT2D eigenvalue weighted by atomic mass is 32.1. The third-order valence-corrected chi connectivity index (χ3v) is 9.82. The molecule has 0 unspecified atom stereocenters. The zero-order chi connectivity index (χ0) is 26.6. The molecule has 2 aromatic heterocycles. The molecule has 38 heavy (non-hydrogen) atoms. The molecule has 4 aliphatic carbocycles. The Kier molecular flexibility index (Phi) is 6.13. The topological polar surface area (TPSA) is 116 Å². The summed E-state index contributed by atoms with van der Waals surface area (Å²) in [6.07, 6.45) is 8.84. The van der Waals surface area contributed by atoms with Crippen molar-refractivity contribution < 1.29 is 19.1 Å². The number of aromatic nitrogens is 2. The highest BCUT2D eigenvalue weighted by Crippen LogP contribution is 2.61. The summed E-state index contributed by atoms with van der Waals surface area (Å²) in [5.74, 6) is 0.475. The molecule has 0 atom stereocenters. The maximum Gasteiger partial charge on any atom is 0.341 e. The van der Waals surface area contributed by atoms with Gasteiger partial charge in [-0.3, -0.25) is 9.59 Å². The summed E-state index contributed by atoms with van der Waals surface area (Å²) in [4.78, 5) is 39.0. The summed E-state index contributed by atoms with van der Waals surface area (Å²) in [5, 5.41) is 8.27. The number of hydrogen-bond acceptors (Lipinski definition) is 6. The highest BCUT2D eigenvalue weighted by molar-refractivity contribution is 7.18. The minimum Gasteiger partial charge on any atom is -0.462 e. The number of amides is 2. The number of thiophene rings is 1. The van der Waals surface area contributed by atoms with E-state index >= 15 is 0 Å². The molecular weight excluding hydrogens is 500 g/mol. The fourth-order valence-electron chi connectivity index (χ4n) is 7.50. The molecule has 4 aliphatic rings. The number of carbonyl (C=O) groups excluding carboxylic acids is 3. The van der Waals surface area contributed by atoms with Gasteiger partial charge in [-0.25, -0.2) is 9.48 Å². The molecule has 1 aromatic carbocycles. The summed E-state index contributed by atoms with van der Waals surface area (Å²) in [5.41, 5.74) is 8.28. The van der Waals surface area contributed by atoms with Crippen LogP contribution in [0.5, 0.6) is 0 Å². The molecule has 0 aliphatic heterocycles. The van der Waals surface area contributed by atoms with Crippen LogP contribution in [0.1, 0.15) is 87.1 Å². The van der Waals surface area contributed by atoms with Crippen molar-refractivity contribution in [1.82, 2.24) is 9.78 Å². The van der Waals surface area contributed by atoms with E-state index in [1.807, 2.05) is 30.3 Å². The molecule has 0 spiro atoms. The van der Waals surface area contributed by atoms with Crippen LogP contribution >= 0.6 is 11.3 Å². The molecule has 4 saturated carbocycles. The first-order chi connectivity index (χ1) is 18.3. The van der Waals surface area contributed by atoms with E-state index in [0.29, 0.717) is 28.9 Å². The van der Waals surface area contributed by atoms with Crippen LogP contribution in [0.3, 0.4) is 0 Å². The van der Waals surface area contributed by atoms with Gasteiger partial charge in [-0.1, -0.05) is 18.2 Å². The lowest BCUT2D eigenvalue weighted by Crippen LogP contribution is -2.49. The Morgan fingerprint density at radius 3 is 2.32 bits per heavy atom. The molecule has 4 bridgehead atoms. The van der Waals surface area contributed by atoms with Crippen molar-refractivity contribution in [3.63, 3.8) is 0 Å². The predicted molar refractivity (Wildman–Crippen MR) is 145 cm³/mol. The van der Waals surface area contributed by atoms with Crippen molar-refractivity contribution in [2.75, 3.05) is 11.9 Å². The summed E-state index contributed by atoms with van der Waals surface area (Å²) in [6, 6.07) is 9.80. The molecule has 2 heterocycles. The number of nitrogens with one attached hydrogen (secondary N) is 1. The third-order valence-electron chi connectivity index (χ3n) is 8.60. The number of rotatable bonds is 7. The Hall–Kier alpha value is -3.46. The summed E-state index contributed by atoms with van der Waals surface area (Å²) >= 11 is 1.01. The van der Waals surface area contributed by atoms with Crippen LogP contribution in [0.25, 0.3) is 5.69 Å². The number of benzene rings is 1. The van der Waals surface area contributed by atoms with Crippen LogP contribution in [0, 0.1) is 24.7 Å². The van der Waals surface area contributed by atoms with Crippen LogP contribution in [0.15, 0.2) is 36.5 Å². The summed E-state index contributed by atoms with van der Waals surface area (Å²) < 4.78 is 7.02. The zero-order valence-electron chi connectivity index (χ0n) is 21.7. The fourth-order valence-corrected chi connectivity index (χ4v) is 8.54. The van der Waals surface area contributed by atoms with Crippen molar-refractivity contribution in [2.24, 2.45) is 23.5 Å². The van der Waals surface area contributed by atoms with Gasteiger partial charge in [-0.15, -0.1) is 11.3 Å². The summed E-state index contributed by atoms with van der Waals surface area (Å²) in [7, 11) is 0. The molecule has 8 nitrogen and oxygen atoms in total. The average molecular weight is 533 g/mol. The van der Waals surface area contributed by atoms with Crippen molar-refractivity contribution in [3.8, 4) is 5.69 Å². The predicted octanol–water partition coefficient (Wildman–Crippen LogP) is 5.24. The molecule has 3 N–H and O–H groups in total. The first-order valence-corrected chi connectivity index (χ1v) is 14.2. The van der Waals surface area contributed by atoms with Crippen LogP contribution in [0.2, 0.25) is 0 Å². The molecule has 2 amide bonds. The normalized spacial score (nSPS) is 25.4. The van der Waals surface area contributed by atoms with Crippen LogP contribution in [0.4, 0.5) is 5.00 Å². The fraction of sp³-hybridized carbons (Fsp3) is 0.448. The third kappa shape index (κ3) is 4.13. The number of primary amides is 1. The minimum atomic E-state index is -0.648. The van der Waals surface area contributed by atoms with Gasteiger partial charge in [-0.2, -0.15) is 5.10 Å². The van der Waals surface area contributed by atoms with E-state index in [2.05, 4.69) is 5.32 Å². The standard InChI is InChI=1S/C29H32N4O4S/c1-3-37-28(36)22-16(2)23(25(30)34)38-27(22)31-26(35)21-15-33(20-7-5-4-6-8-20)32-24(21)29-12-17-9-18(13-29)11-19(10-17)14-29/h4-8,15,17-19H,3,9-14H2,1-2H3,(H2,30,34)(H,31,35). The molecule has 198 valence electrons. The minimum absolute atomic E-state index is 0.116. The number of esters is 1. The van der Waals surface area contributed by atoms with Gasteiger partial charge in [0.25, 0.3) is 11.8 Å². The molecule has 9 heteroatoms. The smallest absolute Gasteiger partial charge is 0.341 e. The van der Waals surface area contributed by atoms with Crippen LogP contribution in [-0.4, -0.2) is 34.2 Å². The Labute approximate surface area is 225 Å². The lowest BCUT2D eigenvalue weighted by Gasteiger charge is -2.56. The SMILES string of the molecule is CCOC(=O)c1c(NC(=O)c2cn(-c3ccccc3)nc2C23CC4CC(CC(C4)C2)C3)sc(C(N)=O)c1C. The largest absolute Gasteiger partial charge is 0.462 e. The van der Waals surface area contributed by atoms with Crippen LogP contribution < -0.4 is 11.1 Å². The Balaban J connectivity index is 1.42. The van der Waals surface area contributed by atoms with Gasteiger partial charge >= 0.3 is 5.97 Å². The van der Waals surface area contributed by atoms with Gasteiger partial charge < -0.3 is 15.8 Å². The molecule has 0 saturated heterocycles. The molecule has 3 aromatic rings. The Bertz CT molecular complexity index is 1390. The second kappa shape index (κ2) is 9.38. The molecule has 0 radical (unpaired) electrons. The van der Waals surface area contributed by atoms with Gasteiger partial charge in [0, 0.05) is 11.6 Å². The number of nitrogens with zero attached hydrogens (tertiary/aromatic N) is 2. The Morgan fingerprint density at radius 1 is 1.11 bits per heavy atom. The number of carbonyl (C=O) groups is 3. The number of nitrogens with two attached hydrogens (primary N) is 1. The van der Waals surface area contributed by atoms with Crippen LogP contribution in [-0.2, 0) is 10.2 Å². The average Bonchev–Trinajstić information content (AvgIpc) is 3.46. The maximum atomic E-state index is 14.0. The van der Waals surface area contributed by atoms with E-state index in [0.717, 1.165) is 42.0 Å². The second-order valence-electron chi connectivity index (χ2n) is 11.2. The summed E-state index contributed by atoms with van der Waals surface area (Å²) in [6.45, 7) is 3.53. The Morgan fingerprint density at radius 2 is 1.74 bits per heavy atom. The van der Waals surface area contributed by atoms with E-state index in [1.165, 1.54) is 19.3 Å². The number of para-hydroxylation sites is 1. The maximum absolute atomic E-state index is 14.0. The second-order valence-corrected chi connectivity index (χ2v) is 12.2. The molecule has 7 rings (SSSR count). The van der Waals surface area contributed by atoms with Crippen molar-refractivity contribution in [3.05, 3.63) is 63.8 Å². The first kappa shape index (κ1) is 24.9. The van der Waals surface area contributed by atoms with Crippen molar-refractivity contribution >= 4 is 34.1 Å². The molecular formula is C29H32N4O4S. The van der Waals surface area contributed by atoms with Crippen molar-refractivity contribution in [2.45, 2.75) is 57.8 Å². The van der Waals surface area contributed by atoms with E-state index < -0.39 is 11.9 Å². The van der Waals surface area contributed by atoms with E-state index in [9.17, 15) is 14.4 Å². The van der Waals surface area contributed by atoms with Gasteiger partial charge in [-0.05, 0) is 87.8 Å². The number of anilines is 1. The highest BCUT2D eigenvalue weighted by Gasteiger charge is 2.54. The van der Waals surface area contributed by atoms with E-state index in [4.69, 9.17) is 15.6 Å². The number of ether oxygens (including phenoxy) is 1.